The molecule has 3 aromatic rings. The second-order valence-corrected chi connectivity index (χ2v) is 8.13. The number of nitrogens with zero attached hydrogens (tertiary/aromatic N) is 4. The van der Waals surface area contributed by atoms with Gasteiger partial charge in [-0.3, -0.25) is 14.7 Å². The van der Waals surface area contributed by atoms with Crippen molar-refractivity contribution >= 4 is 16.9 Å². The summed E-state index contributed by atoms with van der Waals surface area (Å²) < 4.78 is 51.9. The van der Waals surface area contributed by atoms with E-state index < -0.39 is 11.7 Å². The fourth-order valence-corrected chi connectivity index (χ4v) is 3.95. The zero-order chi connectivity index (χ0) is 24.8. The fraction of sp³-hybridized carbons (Fsp3) is 0.458. The highest BCUT2D eigenvalue weighted by atomic mass is 19.4. The summed E-state index contributed by atoms with van der Waals surface area (Å²) in [5, 5.41) is 3.13. The van der Waals surface area contributed by atoms with E-state index in [1.54, 1.807) is 12.1 Å². The highest BCUT2D eigenvalue weighted by molar-refractivity contribution is 5.80. The first-order chi connectivity index (χ1) is 16.9. The first-order valence-corrected chi connectivity index (χ1v) is 11.6. The average molecular weight is 492 g/mol. The molecule has 8 nitrogen and oxygen atoms in total. The third kappa shape index (κ3) is 6.16. The lowest BCUT2D eigenvalue weighted by Gasteiger charge is -2.26. The molecule has 1 N–H and O–H groups in total. The Bertz CT molecular complexity index is 1210. The monoisotopic (exact) mass is 491 g/mol. The molecule has 1 saturated heterocycles. The van der Waals surface area contributed by atoms with E-state index in [4.69, 9.17) is 9.47 Å². The molecule has 1 aliphatic heterocycles. The second-order valence-electron chi connectivity index (χ2n) is 8.13. The number of ether oxygens (including phenoxy) is 2. The molecule has 0 spiro atoms. The smallest absolute Gasteiger partial charge is 0.380 e. The molecule has 0 aliphatic carbocycles. The van der Waals surface area contributed by atoms with E-state index in [2.05, 4.69) is 20.2 Å². The number of anilines is 1. The van der Waals surface area contributed by atoms with Gasteiger partial charge in [-0.2, -0.15) is 13.2 Å². The molecule has 1 fully saturated rings. The summed E-state index contributed by atoms with van der Waals surface area (Å²) in [5.41, 5.74) is 0.492. The molecule has 0 saturated carbocycles. The molecule has 0 amide bonds. The van der Waals surface area contributed by atoms with E-state index >= 15 is 0 Å². The van der Waals surface area contributed by atoms with Crippen LogP contribution in [0, 0.1) is 0 Å². The maximum absolute atomic E-state index is 13.3. The summed E-state index contributed by atoms with van der Waals surface area (Å²) in [4.78, 5) is 24.3. The molecular formula is C24H28F3N5O3. The highest BCUT2D eigenvalue weighted by Crippen LogP contribution is 2.32. The Morgan fingerprint density at radius 3 is 2.71 bits per heavy atom. The molecule has 3 heterocycles. The first-order valence-electron chi connectivity index (χ1n) is 11.6. The number of fused-ring (bicyclic) bond motifs is 1. The minimum atomic E-state index is -4.46. The number of morpholine rings is 1. The van der Waals surface area contributed by atoms with Gasteiger partial charge in [0.25, 0.3) is 5.56 Å². The Labute approximate surface area is 200 Å². The SMILES string of the molecule is CCOCCn1c(=O)c(NCCN2CCOCC2)nc2cnc(-c3cccc(C(F)(F)F)c3)cc21. The summed E-state index contributed by atoms with van der Waals surface area (Å²) in [6.45, 7) is 7.29. The maximum atomic E-state index is 13.3. The summed E-state index contributed by atoms with van der Waals surface area (Å²) in [7, 11) is 0. The van der Waals surface area contributed by atoms with Crippen LogP contribution in [0.3, 0.4) is 0 Å². The van der Waals surface area contributed by atoms with Crippen molar-refractivity contribution in [3.8, 4) is 11.3 Å². The standard InChI is InChI=1S/C24H28F3N5O3/c1-2-34-13-10-32-21-15-19(17-4-3-5-18(14-17)24(25,26)27)29-16-20(21)30-22(23(32)33)28-6-7-31-8-11-35-12-9-31/h3-5,14-16H,2,6-13H2,1H3,(H,28,30). The number of nitrogens with one attached hydrogen (secondary N) is 1. The molecular weight excluding hydrogens is 463 g/mol. The van der Waals surface area contributed by atoms with Gasteiger partial charge < -0.3 is 19.4 Å². The molecule has 0 unspecified atom stereocenters. The van der Waals surface area contributed by atoms with Gasteiger partial charge in [-0.1, -0.05) is 12.1 Å². The van der Waals surface area contributed by atoms with Crippen LogP contribution in [0.2, 0.25) is 0 Å². The van der Waals surface area contributed by atoms with Gasteiger partial charge in [0, 0.05) is 44.9 Å². The normalized spacial score (nSPS) is 15.0. The van der Waals surface area contributed by atoms with Crippen LogP contribution in [0.1, 0.15) is 12.5 Å². The Morgan fingerprint density at radius 1 is 1.17 bits per heavy atom. The minimum Gasteiger partial charge on any atom is -0.380 e. The highest BCUT2D eigenvalue weighted by Gasteiger charge is 2.30. The number of hydrogen-bond acceptors (Lipinski definition) is 7. The van der Waals surface area contributed by atoms with E-state index in [0.29, 0.717) is 55.3 Å². The molecule has 188 valence electrons. The van der Waals surface area contributed by atoms with Crippen molar-refractivity contribution < 1.29 is 22.6 Å². The topological polar surface area (TPSA) is 81.5 Å². The number of aromatic nitrogens is 3. The van der Waals surface area contributed by atoms with Crippen molar-refractivity contribution in [2.45, 2.75) is 19.6 Å². The third-order valence-corrected chi connectivity index (χ3v) is 5.81. The number of hydrogen-bond donors (Lipinski definition) is 1. The van der Waals surface area contributed by atoms with Gasteiger partial charge in [0.2, 0.25) is 0 Å². The van der Waals surface area contributed by atoms with Crippen molar-refractivity contribution in [1.29, 1.82) is 0 Å². The number of benzene rings is 1. The summed E-state index contributed by atoms with van der Waals surface area (Å²) in [6, 6.07) is 6.56. The second kappa shape index (κ2) is 11.1. The largest absolute Gasteiger partial charge is 0.416 e. The number of pyridine rings is 1. The lowest BCUT2D eigenvalue weighted by molar-refractivity contribution is -0.137. The van der Waals surface area contributed by atoms with E-state index in [1.165, 1.54) is 16.8 Å². The molecule has 35 heavy (non-hydrogen) atoms. The van der Waals surface area contributed by atoms with Gasteiger partial charge in [0.1, 0.15) is 5.52 Å². The molecule has 11 heteroatoms. The molecule has 0 radical (unpaired) electrons. The Kier molecular flexibility index (Phi) is 7.99. The van der Waals surface area contributed by atoms with E-state index in [9.17, 15) is 18.0 Å². The van der Waals surface area contributed by atoms with Crippen molar-refractivity contribution in [3.05, 3.63) is 52.4 Å². The van der Waals surface area contributed by atoms with Gasteiger partial charge >= 0.3 is 6.18 Å². The Balaban J connectivity index is 1.66. The van der Waals surface area contributed by atoms with Crippen LogP contribution in [0.25, 0.3) is 22.3 Å². The Morgan fingerprint density at radius 2 is 1.97 bits per heavy atom. The Hall–Kier alpha value is -3.02. The zero-order valence-electron chi connectivity index (χ0n) is 19.5. The van der Waals surface area contributed by atoms with Gasteiger partial charge in [-0.05, 0) is 25.1 Å². The van der Waals surface area contributed by atoms with Gasteiger partial charge in [-0.25, -0.2) is 4.98 Å². The predicted octanol–water partition coefficient (Wildman–Crippen LogP) is 3.26. The molecule has 1 aliphatic rings. The fourth-order valence-electron chi connectivity index (χ4n) is 3.95. The third-order valence-electron chi connectivity index (χ3n) is 5.81. The van der Waals surface area contributed by atoms with Gasteiger partial charge in [0.15, 0.2) is 5.82 Å². The summed E-state index contributed by atoms with van der Waals surface area (Å²) in [5.74, 6) is 0.205. The quantitative estimate of drug-likeness (QED) is 0.460. The van der Waals surface area contributed by atoms with E-state index in [1.807, 2.05) is 6.92 Å². The number of rotatable bonds is 9. The number of halogens is 3. The minimum absolute atomic E-state index is 0.205. The van der Waals surface area contributed by atoms with Crippen LogP contribution in [-0.2, 0) is 22.2 Å². The van der Waals surface area contributed by atoms with Crippen molar-refractivity contribution in [3.63, 3.8) is 0 Å². The lowest BCUT2D eigenvalue weighted by Crippen LogP contribution is -2.39. The van der Waals surface area contributed by atoms with Crippen LogP contribution in [0.4, 0.5) is 19.0 Å². The molecule has 0 atom stereocenters. The van der Waals surface area contributed by atoms with Crippen molar-refractivity contribution in [2.75, 3.05) is 57.9 Å². The molecule has 1 aromatic carbocycles. The summed E-state index contributed by atoms with van der Waals surface area (Å²) >= 11 is 0. The number of alkyl halides is 3. The zero-order valence-corrected chi connectivity index (χ0v) is 19.5. The maximum Gasteiger partial charge on any atom is 0.416 e. The van der Waals surface area contributed by atoms with E-state index in [-0.39, 0.29) is 17.9 Å². The predicted molar refractivity (Wildman–Crippen MR) is 126 cm³/mol. The van der Waals surface area contributed by atoms with Crippen LogP contribution in [0.15, 0.2) is 41.3 Å². The van der Waals surface area contributed by atoms with Gasteiger partial charge in [0.05, 0.1) is 42.8 Å². The van der Waals surface area contributed by atoms with Crippen LogP contribution in [-0.4, -0.2) is 72.0 Å². The van der Waals surface area contributed by atoms with E-state index in [0.717, 1.165) is 31.8 Å². The van der Waals surface area contributed by atoms with Crippen LogP contribution < -0.4 is 10.9 Å². The van der Waals surface area contributed by atoms with Crippen molar-refractivity contribution in [2.24, 2.45) is 0 Å². The van der Waals surface area contributed by atoms with Crippen molar-refractivity contribution in [1.82, 2.24) is 19.4 Å². The summed E-state index contributed by atoms with van der Waals surface area (Å²) in [6.07, 6.45) is -2.98. The lowest BCUT2D eigenvalue weighted by atomic mass is 10.1. The van der Waals surface area contributed by atoms with Crippen LogP contribution >= 0.6 is 0 Å². The average Bonchev–Trinajstić information content (AvgIpc) is 2.86. The molecule has 4 rings (SSSR count). The first kappa shape index (κ1) is 25.1. The molecule has 2 aromatic heterocycles. The van der Waals surface area contributed by atoms with Gasteiger partial charge in [-0.15, -0.1) is 0 Å². The van der Waals surface area contributed by atoms with Crippen LogP contribution in [0.5, 0.6) is 0 Å². The molecule has 0 bridgehead atoms.